The number of carbonyl (C=O) groups is 1. The monoisotopic (exact) mass is 354 g/mol. The van der Waals surface area contributed by atoms with Crippen molar-refractivity contribution in [2.75, 3.05) is 5.32 Å². The largest absolute Gasteiger partial charge is 0.332 e. The van der Waals surface area contributed by atoms with Crippen molar-refractivity contribution in [1.29, 1.82) is 0 Å². The van der Waals surface area contributed by atoms with Gasteiger partial charge in [-0.2, -0.15) is 0 Å². The number of carbonyl (C=O) groups excluding carboxylic acids is 1. The number of aromatic nitrogens is 2. The van der Waals surface area contributed by atoms with E-state index in [0.717, 1.165) is 4.57 Å². The number of fused-ring (bicyclic) bond motifs is 1. The van der Waals surface area contributed by atoms with Crippen molar-refractivity contribution in [1.82, 2.24) is 14.5 Å². The molecule has 0 saturated heterocycles. The van der Waals surface area contributed by atoms with Crippen LogP contribution < -0.4 is 21.9 Å². The smallest absolute Gasteiger partial charge is 0.327 e. The molecule has 9 heteroatoms. The number of amides is 2. The Morgan fingerprint density at radius 1 is 1.04 bits per heavy atom. The molecule has 2 amide bonds. The van der Waals surface area contributed by atoms with Gasteiger partial charge in [-0.1, -0.05) is 29.3 Å². The van der Waals surface area contributed by atoms with Crippen LogP contribution in [0.15, 0.2) is 27.8 Å². The van der Waals surface area contributed by atoms with Crippen LogP contribution >= 0.6 is 23.2 Å². The molecule has 1 aromatic carbocycles. The Balaban J connectivity index is 2.31. The Kier molecular flexibility index (Phi) is 3.69. The average Bonchev–Trinajstić information content (AvgIpc) is 2.52. The number of nitrogens with zero attached hydrogens (tertiary/aromatic N) is 2. The molecule has 23 heavy (non-hydrogen) atoms. The van der Waals surface area contributed by atoms with E-state index in [1.165, 1.54) is 18.7 Å². The molecule has 0 fully saturated rings. The highest BCUT2D eigenvalue weighted by atomic mass is 35.5. The summed E-state index contributed by atoms with van der Waals surface area (Å²) in [5.41, 5.74) is -0.172. The van der Waals surface area contributed by atoms with Crippen LogP contribution in [0.25, 0.3) is 0 Å². The predicted molar refractivity (Wildman–Crippen MR) is 87.4 cm³/mol. The molecule has 1 aliphatic rings. The van der Waals surface area contributed by atoms with Crippen molar-refractivity contribution in [3.8, 4) is 0 Å². The molecule has 3 rings (SSSR count). The predicted octanol–water partition coefficient (Wildman–Crippen LogP) is 1.62. The van der Waals surface area contributed by atoms with Gasteiger partial charge in [-0.15, -0.1) is 0 Å². The van der Waals surface area contributed by atoms with E-state index in [2.05, 4.69) is 10.6 Å². The van der Waals surface area contributed by atoms with Crippen LogP contribution in [0.5, 0.6) is 0 Å². The number of halogens is 2. The first kappa shape index (κ1) is 15.6. The van der Waals surface area contributed by atoms with E-state index in [1.807, 2.05) is 0 Å². The third kappa shape index (κ3) is 2.42. The second-order valence-corrected chi connectivity index (χ2v) is 5.99. The van der Waals surface area contributed by atoms with Gasteiger partial charge in [0.25, 0.3) is 5.56 Å². The number of nitrogens with one attached hydrogen (secondary N) is 2. The third-order valence-corrected chi connectivity index (χ3v) is 4.51. The van der Waals surface area contributed by atoms with Crippen LogP contribution in [0.4, 0.5) is 10.6 Å². The molecule has 2 N–H and O–H groups in total. The molecular weight excluding hydrogens is 343 g/mol. The van der Waals surface area contributed by atoms with E-state index in [9.17, 15) is 14.4 Å². The van der Waals surface area contributed by atoms with Crippen molar-refractivity contribution in [3.05, 3.63) is 60.2 Å². The Bertz CT molecular complexity index is 948. The lowest BCUT2D eigenvalue weighted by atomic mass is 9.98. The zero-order valence-electron chi connectivity index (χ0n) is 12.2. The number of urea groups is 1. The summed E-state index contributed by atoms with van der Waals surface area (Å²) in [5, 5.41) is 5.84. The molecule has 2 heterocycles. The lowest BCUT2D eigenvalue weighted by molar-refractivity contribution is 0.248. The van der Waals surface area contributed by atoms with Crippen LogP contribution in [0.2, 0.25) is 10.0 Å². The molecule has 1 aliphatic heterocycles. The maximum atomic E-state index is 12.5. The summed E-state index contributed by atoms with van der Waals surface area (Å²) in [5.74, 6) is 0.165. The van der Waals surface area contributed by atoms with Gasteiger partial charge in [0.1, 0.15) is 5.82 Å². The third-order valence-electron chi connectivity index (χ3n) is 3.77. The fraction of sp³-hybridized carbons (Fsp3) is 0.214. The van der Waals surface area contributed by atoms with Crippen LogP contribution in [0.3, 0.4) is 0 Å². The maximum absolute atomic E-state index is 12.5. The van der Waals surface area contributed by atoms with Crippen molar-refractivity contribution in [2.45, 2.75) is 6.04 Å². The molecule has 2 aromatic rings. The van der Waals surface area contributed by atoms with Crippen LogP contribution in [-0.2, 0) is 14.1 Å². The maximum Gasteiger partial charge on any atom is 0.332 e. The second kappa shape index (κ2) is 5.43. The zero-order valence-corrected chi connectivity index (χ0v) is 13.7. The minimum atomic E-state index is -0.737. The quantitative estimate of drug-likeness (QED) is 0.815. The van der Waals surface area contributed by atoms with Crippen LogP contribution in [0, 0.1) is 0 Å². The van der Waals surface area contributed by atoms with E-state index in [4.69, 9.17) is 23.2 Å². The van der Waals surface area contributed by atoms with Gasteiger partial charge in [-0.3, -0.25) is 19.2 Å². The first-order valence-corrected chi connectivity index (χ1v) is 7.39. The van der Waals surface area contributed by atoms with Gasteiger partial charge < -0.3 is 5.32 Å². The highest BCUT2D eigenvalue weighted by Gasteiger charge is 2.31. The Morgan fingerprint density at radius 3 is 2.39 bits per heavy atom. The van der Waals surface area contributed by atoms with Gasteiger partial charge in [0.05, 0.1) is 21.7 Å². The lowest BCUT2D eigenvalue weighted by Crippen LogP contribution is -2.49. The first-order valence-electron chi connectivity index (χ1n) is 6.63. The molecule has 0 spiro atoms. The van der Waals surface area contributed by atoms with E-state index in [-0.39, 0.29) is 11.4 Å². The fourth-order valence-electron chi connectivity index (χ4n) is 2.57. The van der Waals surface area contributed by atoms with Crippen LogP contribution in [-0.4, -0.2) is 15.2 Å². The Labute approximate surface area is 140 Å². The van der Waals surface area contributed by atoms with Gasteiger partial charge >= 0.3 is 11.7 Å². The standard InChI is InChI=1S/C14H12Cl2N4O3/c1-19-11-9(12(21)20(2)14(19)23)10(17-13(22)18-11)6-3-4-7(15)8(16)5-6/h3-5,10H,1-2H3,(H2,17,18,22). The molecule has 1 aromatic heterocycles. The molecule has 7 nitrogen and oxygen atoms in total. The van der Waals surface area contributed by atoms with E-state index < -0.39 is 23.3 Å². The van der Waals surface area contributed by atoms with Crippen molar-refractivity contribution in [2.24, 2.45) is 14.1 Å². The SMILES string of the molecule is Cn1c2c(c(=O)n(C)c1=O)C(c1ccc(Cl)c(Cl)c1)NC(=O)N2. The Hall–Kier alpha value is -2.25. The summed E-state index contributed by atoms with van der Waals surface area (Å²) in [6.45, 7) is 0. The second-order valence-electron chi connectivity index (χ2n) is 5.17. The Morgan fingerprint density at radius 2 is 1.74 bits per heavy atom. The average molecular weight is 355 g/mol. The molecule has 1 atom stereocenters. The molecule has 0 aliphatic carbocycles. The first-order chi connectivity index (χ1) is 10.8. The van der Waals surface area contributed by atoms with Crippen molar-refractivity contribution < 1.29 is 4.79 Å². The van der Waals surface area contributed by atoms with Gasteiger partial charge in [0.2, 0.25) is 0 Å². The molecule has 0 bridgehead atoms. The minimum Gasteiger partial charge on any atom is -0.327 e. The number of anilines is 1. The van der Waals surface area contributed by atoms with Crippen LogP contribution in [0.1, 0.15) is 17.2 Å². The fourth-order valence-corrected chi connectivity index (χ4v) is 2.88. The van der Waals surface area contributed by atoms with E-state index >= 15 is 0 Å². The number of benzene rings is 1. The highest BCUT2D eigenvalue weighted by molar-refractivity contribution is 6.42. The summed E-state index contributed by atoms with van der Waals surface area (Å²) in [6, 6.07) is 3.57. The summed E-state index contributed by atoms with van der Waals surface area (Å²) < 4.78 is 2.21. The summed E-state index contributed by atoms with van der Waals surface area (Å²) in [6.07, 6.45) is 0. The highest BCUT2D eigenvalue weighted by Crippen LogP contribution is 2.31. The number of rotatable bonds is 1. The molecule has 0 radical (unpaired) electrons. The summed E-state index contributed by atoms with van der Waals surface area (Å²) >= 11 is 11.9. The van der Waals surface area contributed by atoms with Crippen molar-refractivity contribution in [3.63, 3.8) is 0 Å². The summed E-state index contributed by atoms with van der Waals surface area (Å²) in [4.78, 5) is 36.5. The number of hydrogen-bond acceptors (Lipinski definition) is 3. The van der Waals surface area contributed by atoms with E-state index in [1.54, 1.807) is 18.2 Å². The van der Waals surface area contributed by atoms with Gasteiger partial charge in [0.15, 0.2) is 0 Å². The van der Waals surface area contributed by atoms with Gasteiger partial charge in [-0.25, -0.2) is 9.59 Å². The minimum absolute atomic E-state index is 0.165. The molecular formula is C14H12Cl2N4O3. The molecule has 120 valence electrons. The molecule has 0 saturated carbocycles. The van der Waals surface area contributed by atoms with Gasteiger partial charge in [-0.05, 0) is 17.7 Å². The molecule has 1 unspecified atom stereocenters. The number of hydrogen-bond donors (Lipinski definition) is 2. The van der Waals surface area contributed by atoms with E-state index in [0.29, 0.717) is 15.6 Å². The zero-order chi connectivity index (χ0) is 16.9. The topological polar surface area (TPSA) is 85.1 Å². The normalized spacial score (nSPS) is 16.5. The van der Waals surface area contributed by atoms with Crippen molar-refractivity contribution >= 4 is 35.1 Å². The lowest BCUT2D eigenvalue weighted by Gasteiger charge is -2.28. The summed E-state index contributed by atoms with van der Waals surface area (Å²) in [7, 11) is 2.87. The van der Waals surface area contributed by atoms with Gasteiger partial charge in [0, 0.05) is 14.1 Å².